The van der Waals surface area contributed by atoms with Gasteiger partial charge in [-0.15, -0.1) is 0 Å². The number of aliphatic hydroxyl groups is 2. The highest BCUT2D eigenvalue weighted by atomic mass is 79.9. The summed E-state index contributed by atoms with van der Waals surface area (Å²) in [7, 11) is 0. The Morgan fingerprint density at radius 1 is 1.21 bits per heavy atom. The highest BCUT2D eigenvalue weighted by molar-refractivity contribution is 9.10. The van der Waals surface area contributed by atoms with Crippen LogP contribution in [0.3, 0.4) is 0 Å². The van der Waals surface area contributed by atoms with E-state index in [1.165, 1.54) is 4.90 Å². The highest BCUT2D eigenvalue weighted by Crippen LogP contribution is 2.15. The molecule has 0 bridgehead atoms. The lowest BCUT2D eigenvalue weighted by Crippen LogP contribution is -2.43. The minimum absolute atomic E-state index is 0.113. The van der Waals surface area contributed by atoms with Gasteiger partial charge in [0.05, 0.1) is 13.2 Å². The lowest BCUT2D eigenvalue weighted by Gasteiger charge is -2.21. The lowest BCUT2D eigenvalue weighted by molar-refractivity contribution is 0.158. The van der Waals surface area contributed by atoms with E-state index in [0.29, 0.717) is 6.54 Å². The van der Waals surface area contributed by atoms with Gasteiger partial charge in [0, 0.05) is 24.1 Å². The molecule has 0 aliphatic heterocycles. The van der Waals surface area contributed by atoms with E-state index in [2.05, 4.69) is 21.2 Å². The molecule has 6 heteroatoms. The number of carbonyl (C=O) groups is 1. The van der Waals surface area contributed by atoms with E-state index in [1.54, 1.807) is 0 Å². The average Bonchev–Trinajstić information content (AvgIpc) is 2.40. The van der Waals surface area contributed by atoms with Crippen LogP contribution in [0.5, 0.6) is 0 Å². The first-order valence-corrected chi connectivity index (χ1v) is 6.96. The smallest absolute Gasteiger partial charge is 0.317 e. The topological polar surface area (TPSA) is 72.8 Å². The minimum atomic E-state index is -0.268. The maximum absolute atomic E-state index is 11.8. The number of halogens is 1. The largest absolute Gasteiger partial charge is 0.395 e. The molecule has 3 N–H and O–H groups in total. The fourth-order valence-electron chi connectivity index (χ4n) is 1.67. The molecule has 0 aromatic heterocycles. The van der Waals surface area contributed by atoms with Gasteiger partial charge in [-0.1, -0.05) is 34.1 Å². The molecule has 0 unspecified atom stereocenters. The van der Waals surface area contributed by atoms with Gasteiger partial charge in [-0.25, -0.2) is 4.79 Å². The summed E-state index contributed by atoms with van der Waals surface area (Å²) in [5.41, 5.74) is 1.12. The standard InChI is InChI=1S/C13H19BrN2O3/c14-12-4-2-1-3-11(12)5-6-15-13(19)16(7-9-17)8-10-18/h1-4,17-18H,5-10H2,(H,15,19). The van der Waals surface area contributed by atoms with E-state index in [9.17, 15) is 4.79 Å². The van der Waals surface area contributed by atoms with Crippen LogP contribution in [0.2, 0.25) is 0 Å². The molecule has 0 spiro atoms. The number of nitrogens with one attached hydrogen (secondary N) is 1. The summed E-state index contributed by atoms with van der Waals surface area (Å²) in [5, 5.41) is 20.5. The van der Waals surface area contributed by atoms with Crippen LogP contribution in [0.1, 0.15) is 5.56 Å². The molecule has 0 heterocycles. The Kier molecular flexibility index (Phi) is 7.47. The summed E-state index contributed by atoms with van der Waals surface area (Å²) < 4.78 is 1.02. The SMILES string of the molecule is O=C(NCCc1ccccc1Br)N(CCO)CCO. The quantitative estimate of drug-likeness (QED) is 0.698. The van der Waals surface area contributed by atoms with Gasteiger partial charge in [0.25, 0.3) is 0 Å². The zero-order valence-corrected chi connectivity index (χ0v) is 12.3. The molecule has 19 heavy (non-hydrogen) atoms. The molecule has 5 nitrogen and oxygen atoms in total. The zero-order chi connectivity index (χ0) is 14.1. The molecular formula is C13H19BrN2O3. The molecule has 0 radical (unpaired) electrons. The van der Waals surface area contributed by atoms with E-state index in [4.69, 9.17) is 10.2 Å². The molecule has 0 saturated heterocycles. The van der Waals surface area contributed by atoms with E-state index < -0.39 is 0 Å². The summed E-state index contributed by atoms with van der Waals surface area (Å²) >= 11 is 3.45. The Morgan fingerprint density at radius 2 is 1.84 bits per heavy atom. The number of hydrogen-bond donors (Lipinski definition) is 3. The Hall–Kier alpha value is -1.11. The van der Waals surface area contributed by atoms with Crippen molar-refractivity contribution >= 4 is 22.0 Å². The van der Waals surface area contributed by atoms with Crippen molar-refractivity contribution in [1.82, 2.24) is 10.2 Å². The molecular weight excluding hydrogens is 312 g/mol. The second-order valence-electron chi connectivity index (χ2n) is 4.01. The maximum Gasteiger partial charge on any atom is 0.317 e. The first-order chi connectivity index (χ1) is 9.19. The van der Waals surface area contributed by atoms with Crippen molar-refractivity contribution < 1.29 is 15.0 Å². The fourth-order valence-corrected chi connectivity index (χ4v) is 2.16. The van der Waals surface area contributed by atoms with Gasteiger partial charge in [0.1, 0.15) is 0 Å². The molecule has 106 valence electrons. The predicted octanol–water partition coefficient (Wildman–Crippen LogP) is 0.988. The third kappa shape index (κ3) is 5.59. The minimum Gasteiger partial charge on any atom is -0.395 e. The van der Waals surface area contributed by atoms with Crippen LogP contribution < -0.4 is 5.32 Å². The Balaban J connectivity index is 2.39. The Labute approximate surface area is 121 Å². The molecule has 1 rings (SSSR count). The molecule has 0 fully saturated rings. The van der Waals surface area contributed by atoms with Gasteiger partial charge >= 0.3 is 6.03 Å². The van der Waals surface area contributed by atoms with Gasteiger partial charge in [-0.3, -0.25) is 0 Å². The Bertz CT molecular complexity index is 395. The number of nitrogens with zero attached hydrogens (tertiary/aromatic N) is 1. The number of carbonyl (C=O) groups excluding carboxylic acids is 1. The van der Waals surface area contributed by atoms with Crippen molar-refractivity contribution in [2.24, 2.45) is 0 Å². The van der Waals surface area contributed by atoms with Gasteiger partial charge in [-0.05, 0) is 18.1 Å². The van der Waals surface area contributed by atoms with Gasteiger partial charge in [-0.2, -0.15) is 0 Å². The number of benzene rings is 1. The summed E-state index contributed by atoms with van der Waals surface area (Å²) in [6, 6.07) is 7.58. The lowest BCUT2D eigenvalue weighted by atomic mass is 10.1. The first-order valence-electron chi connectivity index (χ1n) is 6.17. The van der Waals surface area contributed by atoms with E-state index >= 15 is 0 Å². The number of amides is 2. The molecule has 2 amide bonds. The van der Waals surface area contributed by atoms with Crippen molar-refractivity contribution in [2.45, 2.75) is 6.42 Å². The van der Waals surface area contributed by atoms with Crippen LogP contribution in [-0.4, -0.2) is 54.0 Å². The third-order valence-corrected chi connectivity index (χ3v) is 3.43. The van der Waals surface area contributed by atoms with Gasteiger partial charge in [0.2, 0.25) is 0 Å². The van der Waals surface area contributed by atoms with Crippen molar-refractivity contribution in [3.8, 4) is 0 Å². The summed E-state index contributed by atoms with van der Waals surface area (Å²) in [6.45, 7) is 0.729. The number of hydrogen-bond acceptors (Lipinski definition) is 3. The second-order valence-corrected chi connectivity index (χ2v) is 4.86. The monoisotopic (exact) mass is 330 g/mol. The number of rotatable bonds is 7. The van der Waals surface area contributed by atoms with Crippen molar-refractivity contribution in [1.29, 1.82) is 0 Å². The molecule has 0 saturated carbocycles. The highest BCUT2D eigenvalue weighted by Gasteiger charge is 2.11. The van der Waals surface area contributed by atoms with Crippen LogP contribution in [0.25, 0.3) is 0 Å². The van der Waals surface area contributed by atoms with Crippen molar-refractivity contribution in [2.75, 3.05) is 32.8 Å². The van der Waals surface area contributed by atoms with Crippen LogP contribution in [0.4, 0.5) is 4.79 Å². The molecule has 0 atom stereocenters. The molecule has 0 aliphatic rings. The normalized spacial score (nSPS) is 10.3. The molecule has 1 aromatic rings. The average molecular weight is 331 g/mol. The number of aliphatic hydroxyl groups excluding tert-OH is 2. The summed E-state index contributed by atoms with van der Waals surface area (Å²) in [4.78, 5) is 13.2. The van der Waals surface area contributed by atoms with Crippen LogP contribution >= 0.6 is 15.9 Å². The van der Waals surface area contributed by atoms with Crippen LogP contribution in [0, 0.1) is 0 Å². The predicted molar refractivity (Wildman–Crippen MR) is 77.0 cm³/mol. The van der Waals surface area contributed by atoms with Gasteiger partial charge < -0.3 is 20.4 Å². The zero-order valence-electron chi connectivity index (χ0n) is 10.7. The van der Waals surface area contributed by atoms with Crippen molar-refractivity contribution in [3.05, 3.63) is 34.3 Å². The second kappa shape index (κ2) is 8.90. The maximum atomic E-state index is 11.8. The van der Waals surface area contributed by atoms with Crippen LogP contribution in [-0.2, 0) is 6.42 Å². The molecule has 1 aromatic carbocycles. The Morgan fingerprint density at radius 3 is 2.42 bits per heavy atom. The van der Waals surface area contributed by atoms with Crippen LogP contribution in [0.15, 0.2) is 28.7 Å². The fraction of sp³-hybridized carbons (Fsp3) is 0.462. The first kappa shape index (κ1) is 15.9. The van der Waals surface area contributed by atoms with E-state index in [-0.39, 0.29) is 32.3 Å². The van der Waals surface area contributed by atoms with E-state index in [1.807, 2.05) is 24.3 Å². The van der Waals surface area contributed by atoms with E-state index in [0.717, 1.165) is 16.5 Å². The van der Waals surface area contributed by atoms with Crippen molar-refractivity contribution in [3.63, 3.8) is 0 Å². The molecule has 0 aliphatic carbocycles. The number of urea groups is 1. The third-order valence-electron chi connectivity index (χ3n) is 2.66. The summed E-state index contributed by atoms with van der Waals surface area (Å²) in [5.74, 6) is 0. The summed E-state index contributed by atoms with van der Waals surface area (Å²) in [6.07, 6.45) is 0.721. The van der Waals surface area contributed by atoms with Gasteiger partial charge in [0.15, 0.2) is 0 Å².